The molecule has 0 fully saturated rings. The number of amides is 2. The summed E-state index contributed by atoms with van der Waals surface area (Å²) in [6.45, 7) is 2.48. The Hall–Kier alpha value is -2.85. The van der Waals surface area contributed by atoms with Gasteiger partial charge in [0.15, 0.2) is 0 Å². The first-order chi connectivity index (χ1) is 13.5. The standard InChI is InChI=1S/C18H21N7O2S/c1-23(2)10-13-9-20-25-6-5-24(11-16(13)25)18(27)17(26)19-8-12-3-4-14-15(7-12)22-28-21-14/h3-4,7,9H,5-6,8,10-11H2,1-2H3,(H,19,26). The Morgan fingerprint density at radius 2 is 2.04 bits per heavy atom. The molecule has 10 heteroatoms. The zero-order valence-electron chi connectivity index (χ0n) is 15.8. The molecule has 0 atom stereocenters. The maximum absolute atomic E-state index is 12.6. The van der Waals surface area contributed by atoms with Crippen molar-refractivity contribution in [1.82, 2.24) is 33.6 Å². The zero-order chi connectivity index (χ0) is 19.7. The highest BCUT2D eigenvalue weighted by Gasteiger charge is 2.27. The topological polar surface area (TPSA) is 96.2 Å². The van der Waals surface area contributed by atoms with Crippen LogP contribution in [0.15, 0.2) is 24.4 Å². The Balaban J connectivity index is 1.38. The molecule has 1 aliphatic heterocycles. The lowest BCUT2D eigenvalue weighted by Gasteiger charge is -2.28. The number of nitrogens with zero attached hydrogens (tertiary/aromatic N) is 6. The Kier molecular flexibility index (Phi) is 5.05. The predicted octanol–water partition coefficient (Wildman–Crippen LogP) is 0.608. The van der Waals surface area contributed by atoms with Gasteiger partial charge in [-0.25, -0.2) is 0 Å². The highest BCUT2D eigenvalue weighted by atomic mass is 32.1. The summed E-state index contributed by atoms with van der Waals surface area (Å²) >= 11 is 1.15. The molecule has 0 radical (unpaired) electrons. The highest BCUT2D eigenvalue weighted by Crippen LogP contribution is 2.18. The molecule has 2 aromatic heterocycles. The molecule has 2 amide bonds. The van der Waals surface area contributed by atoms with Crippen LogP contribution in [-0.2, 0) is 35.8 Å². The van der Waals surface area contributed by atoms with Crippen molar-refractivity contribution in [2.75, 3.05) is 20.6 Å². The lowest BCUT2D eigenvalue weighted by atomic mass is 10.2. The Bertz CT molecular complexity index is 1030. The van der Waals surface area contributed by atoms with Crippen molar-refractivity contribution >= 4 is 34.6 Å². The van der Waals surface area contributed by atoms with Gasteiger partial charge in [0, 0.05) is 25.2 Å². The minimum absolute atomic E-state index is 0.274. The lowest BCUT2D eigenvalue weighted by molar-refractivity contribution is -0.146. The number of nitrogens with one attached hydrogen (secondary N) is 1. The van der Waals surface area contributed by atoms with E-state index < -0.39 is 11.8 Å². The van der Waals surface area contributed by atoms with Gasteiger partial charge in [-0.2, -0.15) is 13.8 Å². The van der Waals surface area contributed by atoms with Crippen LogP contribution in [0, 0.1) is 0 Å². The summed E-state index contributed by atoms with van der Waals surface area (Å²) in [6.07, 6.45) is 1.84. The number of rotatable bonds is 4. The molecule has 28 heavy (non-hydrogen) atoms. The van der Waals surface area contributed by atoms with E-state index in [1.165, 1.54) is 0 Å². The number of hydrogen-bond acceptors (Lipinski definition) is 7. The first-order valence-electron chi connectivity index (χ1n) is 8.98. The van der Waals surface area contributed by atoms with E-state index >= 15 is 0 Å². The SMILES string of the molecule is CN(C)Cc1cnn2c1CN(C(=O)C(=O)NCc1ccc3nsnc3c1)CC2. The number of hydrogen-bond donors (Lipinski definition) is 1. The van der Waals surface area contributed by atoms with Crippen molar-refractivity contribution in [2.24, 2.45) is 0 Å². The van der Waals surface area contributed by atoms with E-state index in [9.17, 15) is 9.59 Å². The van der Waals surface area contributed by atoms with E-state index in [1.807, 2.05) is 43.2 Å². The van der Waals surface area contributed by atoms with Crippen LogP contribution in [0.5, 0.6) is 0 Å². The van der Waals surface area contributed by atoms with Gasteiger partial charge in [-0.1, -0.05) is 6.07 Å². The summed E-state index contributed by atoms with van der Waals surface area (Å²) in [5.41, 5.74) is 4.57. The van der Waals surface area contributed by atoms with E-state index in [1.54, 1.807) is 4.90 Å². The summed E-state index contributed by atoms with van der Waals surface area (Å²) in [7, 11) is 3.98. The van der Waals surface area contributed by atoms with Crippen LogP contribution >= 0.6 is 11.7 Å². The first-order valence-corrected chi connectivity index (χ1v) is 9.71. The van der Waals surface area contributed by atoms with Crippen LogP contribution in [0.4, 0.5) is 0 Å². The van der Waals surface area contributed by atoms with E-state index in [2.05, 4.69) is 24.1 Å². The second-order valence-electron chi connectivity index (χ2n) is 7.07. The van der Waals surface area contributed by atoms with Crippen molar-refractivity contribution in [3.8, 4) is 0 Å². The summed E-state index contributed by atoms with van der Waals surface area (Å²) in [5.74, 6) is -1.11. The maximum Gasteiger partial charge on any atom is 0.312 e. The van der Waals surface area contributed by atoms with Crippen LogP contribution in [0.1, 0.15) is 16.8 Å². The van der Waals surface area contributed by atoms with E-state index in [-0.39, 0.29) is 6.54 Å². The Labute approximate surface area is 166 Å². The summed E-state index contributed by atoms with van der Waals surface area (Å²) in [6, 6.07) is 5.61. The van der Waals surface area contributed by atoms with Gasteiger partial charge in [-0.15, -0.1) is 0 Å². The van der Waals surface area contributed by atoms with Crippen LogP contribution in [0.3, 0.4) is 0 Å². The number of fused-ring (bicyclic) bond motifs is 2. The van der Waals surface area contributed by atoms with Crippen molar-refractivity contribution in [3.63, 3.8) is 0 Å². The van der Waals surface area contributed by atoms with Gasteiger partial charge in [-0.05, 0) is 31.8 Å². The fourth-order valence-corrected chi connectivity index (χ4v) is 3.80. The molecule has 9 nitrogen and oxygen atoms in total. The first kappa shape index (κ1) is 18.5. The van der Waals surface area contributed by atoms with Crippen LogP contribution in [-0.4, -0.2) is 60.8 Å². The number of benzene rings is 1. The highest BCUT2D eigenvalue weighted by molar-refractivity contribution is 7.00. The normalized spacial score (nSPS) is 13.8. The third-order valence-electron chi connectivity index (χ3n) is 4.70. The van der Waals surface area contributed by atoms with Crippen molar-refractivity contribution < 1.29 is 9.59 Å². The largest absolute Gasteiger partial charge is 0.344 e. The second kappa shape index (κ2) is 7.64. The van der Waals surface area contributed by atoms with Gasteiger partial charge in [0.1, 0.15) is 11.0 Å². The van der Waals surface area contributed by atoms with Crippen LogP contribution < -0.4 is 5.32 Å². The van der Waals surface area contributed by atoms with Gasteiger partial charge >= 0.3 is 11.8 Å². The van der Waals surface area contributed by atoms with E-state index in [0.717, 1.165) is 46.1 Å². The van der Waals surface area contributed by atoms with Gasteiger partial charge in [0.2, 0.25) is 0 Å². The number of carbonyl (C=O) groups excluding carboxylic acids is 2. The molecule has 1 aliphatic rings. The predicted molar refractivity (Wildman–Crippen MR) is 104 cm³/mol. The molecule has 0 aliphatic carbocycles. The average molecular weight is 399 g/mol. The minimum Gasteiger partial charge on any atom is -0.344 e. The third kappa shape index (κ3) is 3.73. The molecule has 0 unspecified atom stereocenters. The number of aromatic nitrogens is 4. The van der Waals surface area contributed by atoms with Gasteiger partial charge in [0.05, 0.1) is 36.7 Å². The average Bonchev–Trinajstić information content (AvgIpc) is 3.31. The Morgan fingerprint density at radius 3 is 2.86 bits per heavy atom. The molecule has 1 aromatic carbocycles. The lowest BCUT2D eigenvalue weighted by Crippen LogP contribution is -2.46. The molecular formula is C18H21N7O2S. The summed E-state index contributed by atoms with van der Waals surface area (Å²) < 4.78 is 10.3. The molecule has 0 bridgehead atoms. The minimum atomic E-state index is -0.598. The molecule has 3 aromatic rings. The van der Waals surface area contributed by atoms with Crippen molar-refractivity contribution in [3.05, 3.63) is 41.2 Å². The molecule has 0 saturated heterocycles. The van der Waals surface area contributed by atoms with Crippen molar-refractivity contribution in [1.29, 1.82) is 0 Å². The van der Waals surface area contributed by atoms with Gasteiger partial charge in [0.25, 0.3) is 0 Å². The summed E-state index contributed by atoms with van der Waals surface area (Å²) in [5, 5.41) is 7.10. The van der Waals surface area contributed by atoms with Crippen LogP contribution in [0.25, 0.3) is 11.0 Å². The smallest absolute Gasteiger partial charge is 0.312 e. The van der Waals surface area contributed by atoms with Gasteiger partial charge < -0.3 is 15.1 Å². The molecular weight excluding hydrogens is 378 g/mol. The summed E-state index contributed by atoms with van der Waals surface area (Å²) in [4.78, 5) is 28.6. The molecule has 0 spiro atoms. The fraction of sp³-hybridized carbons (Fsp3) is 0.389. The fourth-order valence-electron chi connectivity index (χ4n) is 3.29. The van der Waals surface area contributed by atoms with Crippen molar-refractivity contribution in [2.45, 2.75) is 26.2 Å². The second-order valence-corrected chi connectivity index (χ2v) is 7.60. The van der Waals surface area contributed by atoms with E-state index in [4.69, 9.17) is 0 Å². The molecule has 4 rings (SSSR count). The third-order valence-corrected chi connectivity index (χ3v) is 5.25. The Morgan fingerprint density at radius 1 is 1.21 bits per heavy atom. The van der Waals surface area contributed by atoms with Crippen LogP contribution in [0.2, 0.25) is 0 Å². The molecule has 1 N–H and O–H groups in total. The maximum atomic E-state index is 12.6. The van der Waals surface area contributed by atoms with Gasteiger partial charge in [-0.3, -0.25) is 14.3 Å². The van der Waals surface area contributed by atoms with E-state index in [0.29, 0.717) is 19.6 Å². The molecule has 3 heterocycles. The monoisotopic (exact) mass is 399 g/mol. The quantitative estimate of drug-likeness (QED) is 0.646. The molecule has 0 saturated carbocycles. The number of carbonyl (C=O) groups is 2. The molecule has 146 valence electrons. The zero-order valence-corrected chi connectivity index (χ0v) is 16.6.